The second-order valence-corrected chi connectivity index (χ2v) is 5.60. The van der Waals surface area contributed by atoms with Gasteiger partial charge in [-0.25, -0.2) is 0 Å². The summed E-state index contributed by atoms with van der Waals surface area (Å²) >= 11 is 6.00. The third-order valence-electron chi connectivity index (χ3n) is 3.91. The van der Waals surface area contributed by atoms with E-state index in [4.69, 9.17) is 16.3 Å². The average molecular weight is 268 g/mol. The monoisotopic (exact) mass is 267 g/mol. The van der Waals surface area contributed by atoms with Crippen molar-refractivity contribution in [3.05, 3.63) is 28.8 Å². The van der Waals surface area contributed by atoms with Gasteiger partial charge in [0.25, 0.3) is 0 Å². The van der Waals surface area contributed by atoms with Crippen LogP contribution in [0.2, 0.25) is 5.02 Å². The van der Waals surface area contributed by atoms with Crippen molar-refractivity contribution in [1.82, 2.24) is 5.32 Å². The highest BCUT2D eigenvalue weighted by Gasteiger charge is 2.24. The molecule has 1 N–H and O–H groups in total. The van der Waals surface area contributed by atoms with E-state index < -0.39 is 0 Å². The Kier molecular flexibility index (Phi) is 4.90. The first-order chi connectivity index (χ1) is 8.70. The fraction of sp³-hybridized carbons (Fsp3) is 0.600. The summed E-state index contributed by atoms with van der Waals surface area (Å²) in [5, 5.41) is 4.12. The maximum atomic E-state index is 6.00. The number of aryl methyl sites for hydroxylation is 1. The lowest BCUT2D eigenvalue weighted by atomic mass is 9.99. The zero-order chi connectivity index (χ0) is 13.0. The van der Waals surface area contributed by atoms with Crippen LogP contribution in [0.5, 0.6) is 5.75 Å². The van der Waals surface area contributed by atoms with Crippen LogP contribution in [0.3, 0.4) is 0 Å². The highest BCUT2D eigenvalue weighted by molar-refractivity contribution is 6.30. The molecule has 1 aliphatic carbocycles. The molecule has 1 aromatic rings. The third-order valence-corrected chi connectivity index (χ3v) is 4.14. The highest BCUT2D eigenvalue weighted by Crippen LogP contribution is 2.29. The topological polar surface area (TPSA) is 21.3 Å². The summed E-state index contributed by atoms with van der Waals surface area (Å²) in [5.41, 5.74) is 1.14. The Labute approximate surface area is 115 Å². The molecule has 2 rings (SSSR count). The average Bonchev–Trinajstić information content (AvgIpc) is 2.88. The van der Waals surface area contributed by atoms with Crippen molar-refractivity contribution < 1.29 is 4.74 Å². The molecule has 0 aliphatic heterocycles. The van der Waals surface area contributed by atoms with E-state index in [1.165, 1.54) is 25.7 Å². The third kappa shape index (κ3) is 3.39. The molecule has 0 radical (unpaired) electrons. The largest absolute Gasteiger partial charge is 0.492 e. The molecule has 1 saturated carbocycles. The van der Waals surface area contributed by atoms with Crippen LogP contribution in [0.15, 0.2) is 18.2 Å². The van der Waals surface area contributed by atoms with Crippen LogP contribution in [0.1, 0.15) is 31.2 Å². The highest BCUT2D eigenvalue weighted by atomic mass is 35.5. The Bertz CT molecular complexity index is 388. The van der Waals surface area contributed by atoms with Gasteiger partial charge in [-0.1, -0.05) is 30.5 Å². The molecule has 1 aliphatic rings. The van der Waals surface area contributed by atoms with Gasteiger partial charge in [-0.05, 0) is 50.4 Å². The zero-order valence-corrected chi connectivity index (χ0v) is 12.0. The molecular weight excluding hydrogens is 246 g/mol. The van der Waals surface area contributed by atoms with Crippen molar-refractivity contribution in [3.8, 4) is 5.75 Å². The number of hydrogen-bond acceptors (Lipinski definition) is 2. The van der Waals surface area contributed by atoms with E-state index in [2.05, 4.69) is 12.2 Å². The first-order valence-corrected chi connectivity index (χ1v) is 7.14. The van der Waals surface area contributed by atoms with Gasteiger partial charge in [-0.3, -0.25) is 0 Å². The van der Waals surface area contributed by atoms with Gasteiger partial charge in [0.05, 0.1) is 0 Å². The van der Waals surface area contributed by atoms with Crippen LogP contribution in [0.4, 0.5) is 0 Å². The fourth-order valence-electron chi connectivity index (χ4n) is 2.72. The van der Waals surface area contributed by atoms with Crippen LogP contribution >= 0.6 is 11.6 Å². The van der Waals surface area contributed by atoms with Gasteiger partial charge in [0.2, 0.25) is 0 Å². The van der Waals surface area contributed by atoms with Crippen molar-refractivity contribution in [3.63, 3.8) is 0 Å². The Morgan fingerprint density at radius 3 is 2.78 bits per heavy atom. The minimum atomic E-state index is 0.450. The first kappa shape index (κ1) is 13.7. The quantitative estimate of drug-likeness (QED) is 0.876. The molecular formula is C15H22ClNO. The molecule has 1 fully saturated rings. The summed E-state index contributed by atoms with van der Waals surface area (Å²) in [6.07, 6.45) is 5.37. The Morgan fingerprint density at radius 1 is 1.39 bits per heavy atom. The molecule has 1 unspecified atom stereocenters. The summed E-state index contributed by atoms with van der Waals surface area (Å²) in [7, 11) is 2.02. The van der Waals surface area contributed by atoms with Crippen LogP contribution in [-0.2, 0) is 0 Å². The second-order valence-electron chi connectivity index (χ2n) is 5.16. The number of hydrogen-bond donors (Lipinski definition) is 1. The summed E-state index contributed by atoms with van der Waals surface area (Å²) in [6.45, 7) is 2.78. The number of rotatable bonds is 5. The summed E-state index contributed by atoms with van der Waals surface area (Å²) < 4.78 is 5.94. The van der Waals surface area contributed by atoms with E-state index in [-0.39, 0.29) is 0 Å². The van der Waals surface area contributed by atoms with Crippen molar-refractivity contribution in [2.24, 2.45) is 5.92 Å². The standard InChI is InChI=1S/C15H22ClNO/c1-11-7-8-13(16)9-15(11)18-10-14(17-2)12-5-3-4-6-12/h7-9,12,14,17H,3-6,10H2,1-2H3. The van der Waals surface area contributed by atoms with Crippen molar-refractivity contribution in [2.75, 3.05) is 13.7 Å². The van der Waals surface area contributed by atoms with Crippen LogP contribution in [0.25, 0.3) is 0 Å². The Morgan fingerprint density at radius 2 is 2.11 bits per heavy atom. The van der Waals surface area contributed by atoms with Crippen molar-refractivity contribution in [1.29, 1.82) is 0 Å². The molecule has 0 aromatic heterocycles. The molecule has 1 aromatic carbocycles. The van der Waals surface area contributed by atoms with E-state index in [1.807, 2.05) is 25.2 Å². The molecule has 3 heteroatoms. The molecule has 18 heavy (non-hydrogen) atoms. The van der Waals surface area contributed by atoms with E-state index in [0.29, 0.717) is 6.04 Å². The molecule has 0 bridgehead atoms. The molecule has 1 atom stereocenters. The van der Waals surface area contributed by atoms with Gasteiger partial charge in [-0.2, -0.15) is 0 Å². The normalized spacial score (nSPS) is 17.9. The van der Waals surface area contributed by atoms with Gasteiger partial charge in [0, 0.05) is 11.1 Å². The van der Waals surface area contributed by atoms with Gasteiger partial charge < -0.3 is 10.1 Å². The van der Waals surface area contributed by atoms with E-state index >= 15 is 0 Å². The van der Waals surface area contributed by atoms with Gasteiger partial charge in [0.15, 0.2) is 0 Å². The van der Waals surface area contributed by atoms with E-state index in [0.717, 1.165) is 28.9 Å². The molecule has 0 heterocycles. The van der Waals surface area contributed by atoms with Crippen LogP contribution in [-0.4, -0.2) is 19.7 Å². The lowest BCUT2D eigenvalue weighted by molar-refractivity contribution is 0.224. The SMILES string of the molecule is CNC(COc1cc(Cl)ccc1C)C1CCCC1. The van der Waals surface area contributed by atoms with Crippen LogP contribution in [0, 0.1) is 12.8 Å². The van der Waals surface area contributed by atoms with Crippen molar-refractivity contribution in [2.45, 2.75) is 38.6 Å². The smallest absolute Gasteiger partial charge is 0.123 e. The molecule has 0 amide bonds. The molecule has 0 spiro atoms. The summed E-state index contributed by atoms with van der Waals surface area (Å²) in [4.78, 5) is 0. The van der Waals surface area contributed by atoms with E-state index in [1.54, 1.807) is 0 Å². The first-order valence-electron chi connectivity index (χ1n) is 6.77. The maximum Gasteiger partial charge on any atom is 0.123 e. The molecule has 2 nitrogen and oxygen atoms in total. The number of nitrogens with one attached hydrogen (secondary N) is 1. The van der Waals surface area contributed by atoms with Crippen molar-refractivity contribution >= 4 is 11.6 Å². The summed E-state index contributed by atoms with van der Waals surface area (Å²) in [6, 6.07) is 6.25. The minimum absolute atomic E-state index is 0.450. The van der Waals surface area contributed by atoms with Crippen LogP contribution < -0.4 is 10.1 Å². The number of likely N-dealkylation sites (N-methyl/N-ethyl adjacent to an activating group) is 1. The number of benzene rings is 1. The van der Waals surface area contributed by atoms with Gasteiger partial charge >= 0.3 is 0 Å². The van der Waals surface area contributed by atoms with Gasteiger partial charge in [0.1, 0.15) is 12.4 Å². The lowest BCUT2D eigenvalue weighted by Gasteiger charge is -2.23. The van der Waals surface area contributed by atoms with Gasteiger partial charge in [-0.15, -0.1) is 0 Å². The number of ether oxygens (including phenoxy) is 1. The maximum absolute atomic E-state index is 6.00. The zero-order valence-electron chi connectivity index (χ0n) is 11.2. The molecule has 0 saturated heterocycles. The minimum Gasteiger partial charge on any atom is -0.492 e. The Balaban J connectivity index is 1.94. The Hall–Kier alpha value is -0.730. The summed E-state index contributed by atoms with van der Waals surface area (Å²) in [5.74, 6) is 1.66. The number of halogens is 1. The lowest BCUT2D eigenvalue weighted by Crippen LogP contribution is -2.37. The second kappa shape index (κ2) is 6.44. The predicted molar refractivity (Wildman–Crippen MR) is 76.5 cm³/mol. The molecule has 100 valence electrons. The fourth-order valence-corrected chi connectivity index (χ4v) is 2.89. The van der Waals surface area contributed by atoms with E-state index in [9.17, 15) is 0 Å². The predicted octanol–water partition coefficient (Wildman–Crippen LogP) is 3.81.